The number of carbonyl (C=O) groups excluding carboxylic acids is 4. The Morgan fingerprint density at radius 2 is 1.40 bits per heavy atom. The largest absolute Gasteiger partial charge is 0.433 e. The molecule has 0 aromatic carbocycles. The highest BCUT2D eigenvalue weighted by Gasteiger charge is 2.81. The molecule has 0 aliphatic carbocycles. The minimum Gasteiger partial charge on any atom is -0.433 e. The Bertz CT molecular complexity index is 783. The summed E-state index contributed by atoms with van der Waals surface area (Å²) in [5.74, 6) is -16.9. The smallest absolute Gasteiger partial charge is 0.349 e. The lowest BCUT2D eigenvalue weighted by molar-refractivity contribution is -0.518. The second-order valence-corrected chi connectivity index (χ2v) is 5.93. The van der Waals surface area contributed by atoms with E-state index in [1.165, 1.54) is 0 Å². The van der Waals surface area contributed by atoms with Gasteiger partial charge in [-0.2, -0.15) is 0 Å². The van der Waals surface area contributed by atoms with Gasteiger partial charge < -0.3 is 44.1 Å². The summed E-state index contributed by atoms with van der Waals surface area (Å²) in [6, 6.07) is 0. The van der Waals surface area contributed by atoms with E-state index in [-0.39, 0.29) is 0 Å². The molecule has 16 nitrogen and oxygen atoms in total. The third-order valence-electron chi connectivity index (χ3n) is 3.56. The first kappa shape index (κ1) is 25.0. The standard InChI is InChI=1S/C14H19N3O13/c1-5(18)26-10(22)9-12(23,28-6(2)19)14(25,30-8(4)21)13(24,29-7(3)20)11(27-9)16-17-15/h9-11,22-25H,1-4H3/t9-,10?,11-,12+,13-,14-/m1/s1. The van der Waals surface area contributed by atoms with Gasteiger partial charge in [0.2, 0.25) is 12.5 Å². The molecule has 6 atom stereocenters. The molecule has 1 fully saturated rings. The molecule has 0 bridgehead atoms. The van der Waals surface area contributed by atoms with E-state index in [1.54, 1.807) is 0 Å². The molecule has 168 valence electrons. The van der Waals surface area contributed by atoms with E-state index in [0.29, 0.717) is 20.8 Å². The quantitative estimate of drug-likeness (QED) is 0.0850. The van der Waals surface area contributed by atoms with Crippen molar-refractivity contribution in [2.24, 2.45) is 5.11 Å². The maximum atomic E-state index is 11.6. The van der Waals surface area contributed by atoms with Gasteiger partial charge in [-0.15, -0.1) is 0 Å². The van der Waals surface area contributed by atoms with Crippen LogP contribution in [0.4, 0.5) is 0 Å². The van der Waals surface area contributed by atoms with Gasteiger partial charge in [0.25, 0.3) is 0 Å². The molecular formula is C14H19N3O13. The number of nitrogens with zero attached hydrogens (tertiary/aromatic N) is 3. The summed E-state index contributed by atoms with van der Waals surface area (Å²) in [6.45, 7) is 2.86. The zero-order chi connectivity index (χ0) is 23.5. The van der Waals surface area contributed by atoms with Crippen LogP contribution < -0.4 is 0 Å². The van der Waals surface area contributed by atoms with E-state index >= 15 is 0 Å². The molecule has 16 heteroatoms. The third kappa shape index (κ3) is 4.43. The van der Waals surface area contributed by atoms with Gasteiger partial charge in [-0.25, -0.2) is 0 Å². The number of rotatable bonds is 6. The third-order valence-corrected chi connectivity index (χ3v) is 3.56. The highest BCUT2D eigenvalue weighted by atomic mass is 16.8. The second kappa shape index (κ2) is 8.78. The Hall–Kier alpha value is -3.01. The lowest BCUT2D eigenvalue weighted by Crippen LogP contribution is -2.84. The monoisotopic (exact) mass is 437 g/mol. The van der Waals surface area contributed by atoms with Crippen LogP contribution in [0.15, 0.2) is 5.11 Å². The van der Waals surface area contributed by atoms with Crippen molar-refractivity contribution in [1.29, 1.82) is 0 Å². The summed E-state index contributed by atoms with van der Waals surface area (Å²) in [6.07, 6.45) is -7.67. The van der Waals surface area contributed by atoms with Crippen LogP contribution in [-0.4, -0.2) is 80.3 Å². The Labute approximate surface area is 167 Å². The summed E-state index contributed by atoms with van der Waals surface area (Å²) in [5.41, 5.74) is 8.72. The van der Waals surface area contributed by atoms with Crippen molar-refractivity contribution in [2.45, 2.75) is 63.7 Å². The fraction of sp³-hybridized carbons (Fsp3) is 0.714. The molecule has 0 radical (unpaired) electrons. The Balaban J connectivity index is 3.88. The minimum atomic E-state index is -3.98. The van der Waals surface area contributed by atoms with Crippen molar-refractivity contribution in [1.82, 2.24) is 0 Å². The van der Waals surface area contributed by atoms with E-state index in [4.69, 9.17) is 10.3 Å². The summed E-state index contributed by atoms with van der Waals surface area (Å²) in [7, 11) is 0. The molecule has 0 aromatic heterocycles. The number of hydrogen-bond acceptors (Lipinski definition) is 14. The summed E-state index contributed by atoms with van der Waals surface area (Å²) >= 11 is 0. The molecule has 4 N–H and O–H groups in total. The number of aliphatic hydroxyl groups excluding tert-OH is 1. The highest BCUT2D eigenvalue weighted by molar-refractivity contribution is 5.69. The average molecular weight is 437 g/mol. The number of azide groups is 1. The molecule has 0 aromatic rings. The van der Waals surface area contributed by atoms with Crippen LogP contribution in [0.2, 0.25) is 0 Å². The lowest BCUT2D eigenvalue weighted by atomic mass is 9.86. The summed E-state index contributed by atoms with van der Waals surface area (Å²) in [5, 5.41) is 45.8. The average Bonchev–Trinajstić information content (AvgIpc) is 2.54. The molecule has 0 amide bonds. The lowest BCUT2D eigenvalue weighted by Gasteiger charge is -2.55. The Morgan fingerprint density at radius 3 is 1.80 bits per heavy atom. The first-order valence-corrected chi connectivity index (χ1v) is 7.95. The van der Waals surface area contributed by atoms with Gasteiger partial charge in [0.1, 0.15) is 0 Å². The zero-order valence-electron chi connectivity index (χ0n) is 16.0. The number of ether oxygens (including phenoxy) is 5. The summed E-state index contributed by atoms with van der Waals surface area (Å²) < 4.78 is 22.9. The van der Waals surface area contributed by atoms with Gasteiger partial charge in [-0.05, 0) is 5.53 Å². The van der Waals surface area contributed by atoms with E-state index in [2.05, 4.69) is 29.0 Å². The first-order chi connectivity index (χ1) is 13.6. The van der Waals surface area contributed by atoms with Gasteiger partial charge >= 0.3 is 41.2 Å². The summed E-state index contributed by atoms with van der Waals surface area (Å²) in [4.78, 5) is 48.1. The van der Waals surface area contributed by atoms with Crippen molar-refractivity contribution in [3.63, 3.8) is 0 Å². The molecule has 1 unspecified atom stereocenters. The maximum absolute atomic E-state index is 11.6. The fourth-order valence-corrected chi connectivity index (χ4v) is 2.62. The van der Waals surface area contributed by atoms with E-state index in [1.807, 2.05) is 0 Å². The van der Waals surface area contributed by atoms with Crippen molar-refractivity contribution >= 4 is 23.9 Å². The topological polar surface area (TPSA) is 244 Å². The molecule has 0 saturated carbocycles. The number of carbonyl (C=O) groups is 4. The second-order valence-electron chi connectivity index (χ2n) is 5.93. The maximum Gasteiger partial charge on any atom is 0.349 e. The molecule has 1 aliphatic rings. The molecule has 0 spiro atoms. The van der Waals surface area contributed by atoms with Crippen molar-refractivity contribution < 1.29 is 63.3 Å². The van der Waals surface area contributed by atoms with Crippen molar-refractivity contribution in [2.75, 3.05) is 0 Å². The molecule has 1 rings (SSSR count). The Kier molecular flexibility index (Phi) is 7.33. The SMILES string of the molecule is CC(=O)OC(O)[C@H]1O[C@@H](N=[N+]=[N-])[C@@](O)(OC(C)=O)[C@](O)(OC(C)=O)[C@@]1(O)OC(C)=O. The predicted octanol–water partition coefficient (Wildman–Crippen LogP) is -2.34. The van der Waals surface area contributed by atoms with Crippen molar-refractivity contribution in [3.8, 4) is 0 Å². The van der Waals surface area contributed by atoms with E-state index < -0.39 is 59.9 Å². The van der Waals surface area contributed by atoms with Crippen LogP contribution in [0.3, 0.4) is 0 Å². The molecular weight excluding hydrogens is 418 g/mol. The minimum absolute atomic E-state index is 0.663. The predicted molar refractivity (Wildman–Crippen MR) is 85.7 cm³/mol. The van der Waals surface area contributed by atoms with E-state index in [9.17, 15) is 39.6 Å². The zero-order valence-corrected chi connectivity index (χ0v) is 16.0. The molecule has 1 heterocycles. The van der Waals surface area contributed by atoms with Crippen LogP contribution in [0.5, 0.6) is 0 Å². The van der Waals surface area contributed by atoms with E-state index in [0.717, 1.165) is 6.92 Å². The van der Waals surface area contributed by atoms with Gasteiger partial charge in [0.15, 0.2) is 6.10 Å². The number of esters is 4. The van der Waals surface area contributed by atoms with Crippen LogP contribution in [0, 0.1) is 0 Å². The van der Waals surface area contributed by atoms with Gasteiger partial charge in [0, 0.05) is 32.6 Å². The number of hydrogen-bond donors (Lipinski definition) is 4. The molecule has 30 heavy (non-hydrogen) atoms. The van der Waals surface area contributed by atoms with Gasteiger partial charge in [-0.3, -0.25) is 19.2 Å². The van der Waals surface area contributed by atoms with Gasteiger partial charge in [-0.1, -0.05) is 5.11 Å². The van der Waals surface area contributed by atoms with Crippen LogP contribution in [0.25, 0.3) is 10.4 Å². The van der Waals surface area contributed by atoms with Crippen LogP contribution in [0.1, 0.15) is 27.7 Å². The first-order valence-electron chi connectivity index (χ1n) is 7.95. The van der Waals surface area contributed by atoms with Crippen LogP contribution >= 0.6 is 0 Å². The normalized spacial score (nSPS) is 34.0. The van der Waals surface area contributed by atoms with Crippen molar-refractivity contribution in [3.05, 3.63) is 10.4 Å². The Morgan fingerprint density at radius 1 is 0.933 bits per heavy atom. The molecule has 1 aliphatic heterocycles. The molecule has 1 saturated heterocycles. The fourth-order valence-electron chi connectivity index (χ4n) is 2.62. The van der Waals surface area contributed by atoms with Gasteiger partial charge in [0.05, 0.1) is 0 Å². The highest BCUT2D eigenvalue weighted by Crippen LogP contribution is 2.48. The van der Waals surface area contributed by atoms with Crippen LogP contribution in [-0.2, 0) is 42.9 Å². The number of aliphatic hydroxyl groups is 4.